The Morgan fingerprint density at radius 1 is 1.30 bits per heavy atom. The number of hydrogen-bond donors (Lipinski definition) is 2. The number of H-pyrrole nitrogens is 1. The quantitative estimate of drug-likeness (QED) is 0.877. The van der Waals surface area contributed by atoms with Crippen LogP contribution in [0.25, 0.3) is 11.3 Å². The van der Waals surface area contributed by atoms with E-state index in [1.165, 1.54) is 30.8 Å². The molecule has 1 aliphatic rings. The number of nitrogens with one attached hydrogen (secondary N) is 2. The second kappa shape index (κ2) is 7.88. The first kappa shape index (κ1) is 16.4. The fraction of sp³-hybridized carbons (Fsp3) is 0.412. The van der Waals surface area contributed by atoms with Gasteiger partial charge in [0.15, 0.2) is 0 Å². The lowest BCUT2D eigenvalue weighted by molar-refractivity contribution is 0.0947. The zero-order valence-corrected chi connectivity index (χ0v) is 14.4. The second-order valence-corrected chi connectivity index (χ2v) is 7.45. The maximum Gasteiger partial charge on any atom is 0.255 e. The maximum atomic E-state index is 12.5. The number of thioether (sulfide) groups is 1. The van der Waals surface area contributed by atoms with Gasteiger partial charge in [0.05, 0.1) is 17.5 Å². The largest absolute Gasteiger partial charge is 0.352 e. The molecule has 4 nitrogen and oxygen atoms in total. The van der Waals surface area contributed by atoms with Crippen LogP contribution in [-0.4, -0.2) is 34.2 Å². The summed E-state index contributed by atoms with van der Waals surface area (Å²) in [6.07, 6.45) is 5.21. The summed E-state index contributed by atoms with van der Waals surface area (Å²) in [5, 5.41) is 10.7. The van der Waals surface area contributed by atoms with Gasteiger partial charge in [-0.1, -0.05) is 23.7 Å². The highest BCUT2D eigenvalue weighted by Crippen LogP contribution is 2.24. The smallest absolute Gasteiger partial charge is 0.255 e. The summed E-state index contributed by atoms with van der Waals surface area (Å²) in [6, 6.07) is 7.38. The number of aromatic nitrogens is 2. The Balaban J connectivity index is 1.66. The van der Waals surface area contributed by atoms with Crippen molar-refractivity contribution < 1.29 is 4.79 Å². The number of carbonyl (C=O) groups is 1. The van der Waals surface area contributed by atoms with Gasteiger partial charge in [0.25, 0.3) is 5.91 Å². The predicted octanol–water partition coefficient (Wildman–Crippen LogP) is 3.99. The third-order valence-corrected chi connectivity index (χ3v) is 5.49. The minimum Gasteiger partial charge on any atom is -0.352 e. The monoisotopic (exact) mass is 349 g/mol. The molecule has 1 unspecified atom stereocenters. The Hall–Kier alpha value is -1.46. The van der Waals surface area contributed by atoms with E-state index in [0.29, 0.717) is 16.5 Å². The molecule has 23 heavy (non-hydrogen) atoms. The van der Waals surface area contributed by atoms with E-state index < -0.39 is 0 Å². The molecule has 0 spiro atoms. The maximum absolute atomic E-state index is 12.5. The topological polar surface area (TPSA) is 57.8 Å². The number of nitrogens with zero attached hydrogens (tertiary/aromatic N) is 1. The van der Waals surface area contributed by atoms with Gasteiger partial charge in [-0.15, -0.1) is 0 Å². The summed E-state index contributed by atoms with van der Waals surface area (Å²) in [6.45, 7) is 0.741. The summed E-state index contributed by atoms with van der Waals surface area (Å²) in [5.41, 5.74) is 2.22. The minimum atomic E-state index is -0.0689. The summed E-state index contributed by atoms with van der Waals surface area (Å²) >= 11 is 7.93. The standard InChI is InChI=1S/C17H20ClN3OS/c18-14-5-3-13(4-6-14)16-15(11-20-21-16)17(22)19-10-12-2-1-8-23-9-7-12/h3-6,11-12H,1-2,7-10H2,(H,19,22)(H,20,21). The molecular weight excluding hydrogens is 330 g/mol. The van der Waals surface area contributed by atoms with Crippen molar-refractivity contribution in [2.24, 2.45) is 5.92 Å². The number of halogens is 1. The lowest BCUT2D eigenvalue weighted by Crippen LogP contribution is -2.29. The number of aromatic amines is 1. The van der Waals surface area contributed by atoms with E-state index in [4.69, 9.17) is 11.6 Å². The van der Waals surface area contributed by atoms with E-state index >= 15 is 0 Å². The third kappa shape index (κ3) is 4.30. The average Bonchev–Trinajstić information content (AvgIpc) is 2.90. The van der Waals surface area contributed by atoms with Crippen molar-refractivity contribution in [3.8, 4) is 11.3 Å². The van der Waals surface area contributed by atoms with Crippen LogP contribution in [0, 0.1) is 5.92 Å². The lowest BCUT2D eigenvalue weighted by atomic mass is 10.0. The second-order valence-electron chi connectivity index (χ2n) is 5.78. The molecule has 2 aromatic rings. The molecule has 6 heteroatoms. The summed E-state index contributed by atoms with van der Waals surface area (Å²) in [5.74, 6) is 2.95. The fourth-order valence-electron chi connectivity index (χ4n) is 2.80. The molecule has 3 rings (SSSR count). The van der Waals surface area contributed by atoms with Gasteiger partial charge in [-0.2, -0.15) is 16.9 Å². The van der Waals surface area contributed by atoms with E-state index in [2.05, 4.69) is 15.5 Å². The van der Waals surface area contributed by atoms with Crippen LogP contribution in [0.5, 0.6) is 0 Å². The molecule has 2 N–H and O–H groups in total. The number of benzene rings is 1. The molecule has 1 fully saturated rings. The van der Waals surface area contributed by atoms with Crippen LogP contribution < -0.4 is 5.32 Å². The molecule has 122 valence electrons. The van der Waals surface area contributed by atoms with Gasteiger partial charge in [-0.25, -0.2) is 0 Å². The Labute approximate surface area is 145 Å². The van der Waals surface area contributed by atoms with Crippen molar-refractivity contribution in [2.75, 3.05) is 18.1 Å². The summed E-state index contributed by atoms with van der Waals surface area (Å²) in [4.78, 5) is 12.5. The van der Waals surface area contributed by atoms with Crippen molar-refractivity contribution in [3.63, 3.8) is 0 Å². The van der Waals surface area contributed by atoms with Crippen LogP contribution in [0.1, 0.15) is 29.6 Å². The van der Waals surface area contributed by atoms with Crippen molar-refractivity contribution >= 4 is 29.3 Å². The van der Waals surface area contributed by atoms with Crippen LogP contribution >= 0.6 is 23.4 Å². The van der Waals surface area contributed by atoms with E-state index in [0.717, 1.165) is 17.8 Å². The van der Waals surface area contributed by atoms with Gasteiger partial charge >= 0.3 is 0 Å². The Bertz CT molecular complexity index is 648. The first-order valence-corrected chi connectivity index (χ1v) is 9.42. The van der Waals surface area contributed by atoms with Crippen LogP contribution in [0.3, 0.4) is 0 Å². The number of rotatable bonds is 4. The highest BCUT2D eigenvalue weighted by molar-refractivity contribution is 7.99. The van der Waals surface area contributed by atoms with Gasteiger partial charge in [0, 0.05) is 17.1 Å². The Kier molecular flexibility index (Phi) is 5.62. The summed E-state index contributed by atoms with van der Waals surface area (Å²) < 4.78 is 0. The SMILES string of the molecule is O=C(NCC1CCCSCC1)c1cn[nH]c1-c1ccc(Cl)cc1. The summed E-state index contributed by atoms with van der Waals surface area (Å²) in [7, 11) is 0. The molecule has 0 bridgehead atoms. The minimum absolute atomic E-state index is 0.0689. The molecular formula is C17H20ClN3OS. The fourth-order valence-corrected chi connectivity index (χ4v) is 4.00. The highest BCUT2D eigenvalue weighted by Gasteiger charge is 2.18. The lowest BCUT2D eigenvalue weighted by Gasteiger charge is -2.14. The van der Waals surface area contributed by atoms with Crippen molar-refractivity contribution in [3.05, 3.63) is 41.0 Å². The highest BCUT2D eigenvalue weighted by atomic mass is 35.5. The number of hydrogen-bond acceptors (Lipinski definition) is 3. The van der Waals surface area contributed by atoms with Gasteiger partial charge < -0.3 is 5.32 Å². The normalized spacial score (nSPS) is 18.4. The van der Waals surface area contributed by atoms with Crippen LogP contribution in [-0.2, 0) is 0 Å². The van der Waals surface area contributed by atoms with Crippen LogP contribution in [0.2, 0.25) is 5.02 Å². The van der Waals surface area contributed by atoms with Crippen molar-refractivity contribution in [1.82, 2.24) is 15.5 Å². The molecule has 1 saturated heterocycles. The Morgan fingerprint density at radius 3 is 2.96 bits per heavy atom. The van der Waals surface area contributed by atoms with Crippen molar-refractivity contribution in [1.29, 1.82) is 0 Å². The molecule has 1 amide bonds. The molecule has 0 aliphatic carbocycles. The molecule has 1 aromatic heterocycles. The van der Waals surface area contributed by atoms with Gasteiger partial charge in [-0.05, 0) is 48.8 Å². The van der Waals surface area contributed by atoms with Crippen LogP contribution in [0.15, 0.2) is 30.5 Å². The third-order valence-electron chi connectivity index (χ3n) is 4.14. The van der Waals surface area contributed by atoms with Gasteiger partial charge in [0.2, 0.25) is 0 Å². The average molecular weight is 350 g/mol. The van der Waals surface area contributed by atoms with E-state index in [1.807, 2.05) is 36.0 Å². The number of amides is 1. The first-order valence-electron chi connectivity index (χ1n) is 7.89. The molecule has 1 aliphatic heterocycles. The van der Waals surface area contributed by atoms with Gasteiger partial charge in [0.1, 0.15) is 0 Å². The van der Waals surface area contributed by atoms with Crippen LogP contribution in [0.4, 0.5) is 0 Å². The molecule has 0 radical (unpaired) electrons. The predicted molar refractivity (Wildman–Crippen MR) is 96.0 cm³/mol. The molecule has 2 heterocycles. The van der Waals surface area contributed by atoms with Gasteiger partial charge in [-0.3, -0.25) is 9.89 Å². The molecule has 0 saturated carbocycles. The Morgan fingerprint density at radius 2 is 2.13 bits per heavy atom. The first-order chi connectivity index (χ1) is 11.2. The van der Waals surface area contributed by atoms with E-state index in [9.17, 15) is 4.79 Å². The molecule has 1 atom stereocenters. The zero-order valence-electron chi connectivity index (χ0n) is 12.8. The zero-order chi connectivity index (χ0) is 16.1. The van der Waals surface area contributed by atoms with Crippen molar-refractivity contribution in [2.45, 2.75) is 19.3 Å². The molecule has 1 aromatic carbocycles. The van der Waals surface area contributed by atoms with E-state index in [-0.39, 0.29) is 5.91 Å². The van der Waals surface area contributed by atoms with E-state index in [1.54, 1.807) is 6.20 Å². The number of carbonyl (C=O) groups excluding carboxylic acids is 1.